The third-order valence-electron chi connectivity index (χ3n) is 3.91. The molecule has 3 N–H and O–H groups in total. The molecular weight excluding hydrogens is 292 g/mol. The van der Waals surface area contributed by atoms with Gasteiger partial charge in [0.05, 0.1) is 0 Å². The third kappa shape index (κ3) is 2.42. The van der Waals surface area contributed by atoms with Crippen molar-refractivity contribution in [3.05, 3.63) is 107 Å². The van der Waals surface area contributed by atoms with Crippen LogP contribution in [0.4, 0.5) is 0 Å². The van der Waals surface area contributed by atoms with Gasteiger partial charge in [-0.05, 0) is 17.2 Å². The Hall–Kier alpha value is -2.13. The minimum atomic E-state index is -0.694. The van der Waals surface area contributed by atoms with Crippen LogP contribution in [0.3, 0.4) is 0 Å². The Kier molecular flexibility index (Phi) is 4.25. The minimum Gasteiger partial charge on any atom is -0.270 e. The second-order valence-electron chi connectivity index (χ2n) is 5.11. The summed E-state index contributed by atoms with van der Waals surface area (Å²) in [7, 11) is 0. The van der Waals surface area contributed by atoms with Crippen molar-refractivity contribution >= 4 is 11.6 Å². The number of benzene rings is 3. The predicted octanol–water partition coefficient (Wildman–Crippen LogP) is 4.10. The maximum atomic E-state index is 6.49. The lowest BCUT2D eigenvalue weighted by molar-refractivity contribution is 0.489. The fourth-order valence-electron chi connectivity index (χ4n) is 2.86. The summed E-state index contributed by atoms with van der Waals surface area (Å²) in [5.74, 6) is 6.06. The van der Waals surface area contributed by atoms with Gasteiger partial charge in [0.1, 0.15) is 5.54 Å². The average molecular weight is 309 g/mol. The molecule has 0 amide bonds. The molecule has 3 heteroatoms. The van der Waals surface area contributed by atoms with Crippen molar-refractivity contribution < 1.29 is 0 Å². The fraction of sp³-hybridized carbons (Fsp3) is 0.0526. The van der Waals surface area contributed by atoms with E-state index in [0.717, 1.165) is 16.7 Å². The Morgan fingerprint density at radius 2 is 1.14 bits per heavy atom. The SMILES string of the molecule is NNC(c1ccccc1)(c1ccccc1)c1ccccc1Cl. The van der Waals surface area contributed by atoms with Gasteiger partial charge in [-0.1, -0.05) is 90.5 Å². The van der Waals surface area contributed by atoms with E-state index in [-0.39, 0.29) is 0 Å². The topological polar surface area (TPSA) is 38.0 Å². The van der Waals surface area contributed by atoms with Gasteiger partial charge in [0.25, 0.3) is 0 Å². The van der Waals surface area contributed by atoms with Crippen molar-refractivity contribution in [1.82, 2.24) is 5.43 Å². The second kappa shape index (κ2) is 6.32. The third-order valence-corrected chi connectivity index (χ3v) is 4.24. The van der Waals surface area contributed by atoms with Crippen molar-refractivity contribution in [2.75, 3.05) is 0 Å². The highest BCUT2D eigenvalue weighted by Crippen LogP contribution is 2.39. The Morgan fingerprint density at radius 1 is 0.682 bits per heavy atom. The van der Waals surface area contributed by atoms with E-state index < -0.39 is 5.54 Å². The zero-order valence-corrected chi connectivity index (χ0v) is 12.8. The number of rotatable bonds is 4. The van der Waals surface area contributed by atoms with Crippen molar-refractivity contribution in [2.24, 2.45) is 5.84 Å². The summed E-state index contributed by atoms with van der Waals surface area (Å²) in [6.45, 7) is 0. The van der Waals surface area contributed by atoms with Gasteiger partial charge >= 0.3 is 0 Å². The molecule has 3 aromatic carbocycles. The van der Waals surface area contributed by atoms with Gasteiger partial charge < -0.3 is 0 Å². The average Bonchev–Trinajstić information content (AvgIpc) is 2.59. The van der Waals surface area contributed by atoms with E-state index in [0.29, 0.717) is 5.02 Å². The van der Waals surface area contributed by atoms with Gasteiger partial charge in [0.2, 0.25) is 0 Å². The molecule has 0 unspecified atom stereocenters. The lowest BCUT2D eigenvalue weighted by Gasteiger charge is -2.35. The number of hydrogen-bond donors (Lipinski definition) is 2. The molecule has 0 spiro atoms. The molecule has 0 bridgehead atoms. The van der Waals surface area contributed by atoms with Crippen LogP contribution in [0.25, 0.3) is 0 Å². The van der Waals surface area contributed by atoms with E-state index in [2.05, 4.69) is 29.7 Å². The van der Waals surface area contributed by atoms with Crippen LogP contribution in [-0.4, -0.2) is 0 Å². The van der Waals surface area contributed by atoms with Gasteiger partial charge in [-0.25, -0.2) is 5.43 Å². The van der Waals surface area contributed by atoms with Crippen molar-refractivity contribution in [3.63, 3.8) is 0 Å². The molecule has 0 fully saturated rings. The van der Waals surface area contributed by atoms with Crippen molar-refractivity contribution in [2.45, 2.75) is 5.54 Å². The predicted molar refractivity (Wildman–Crippen MR) is 91.5 cm³/mol. The molecule has 110 valence electrons. The summed E-state index contributed by atoms with van der Waals surface area (Å²) in [4.78, 5) is 0. The number of nitrogens with two attached hydrogens (primary N) is 1. The molecule has 22 heavy (non-hydrogen) atoms. The van der Waals surface area contributed by atoms with Crippen LogP contribution in [0.15, 0.2) is 84.9 Å². The Morgan fingerprint density at radius 3 is 1.59 bits per heavy atom. The fourth-order valence-corrected chi connectivity index (χ4v) is 3.14. The highest BCUT2D eigenvalue weighted by Gasteiger charge is 2.36. The quantitative estimate of drug-likeness (QED) is 0.433. The molecule has 3 rings (SSSR count). The highest BCUT2D eigenvalue weighted by molar-refractivity contribution is 6.31. The summed E-state index contributed by atoms with van der Waals surface area (Å²) in [5, 5.41) is 0.674. The van der Waals surface area contributed by atoms with Gasteiger partial charge in [-0.3, -0.25) is 5.84 Å². The van der Waals surface area contributed by atoms with E-state index in [1.807, 2.05) is 60.7 Å². The first-order valence-electron chi connectivity index (χ1n) is 7.13. The summed E-state index contributed by atoms with van der Waals surface area (Å²) >= 11 is 6.49. The maximum absolute atomic E-state index is 6.49. The molecule has 0 aromatic heterocycles. The molecule has 0 radical (unpaired) electrons. The zero-order chi connectivity index (χ0) is 15.4. The smallest absolute Gasteiger partial charge is 0.108 e. The zero-order valence-electron chi connectivity index (χ0n) is 12.0. The summed E-state index contributed by atoms with van der Waals surface area (Å²) in [5.41, 5.74) is 5.33. The molecular formula is C19H17ClN2. The number of hydrogen-bond acceptors (Lipinski definition) is 2. The van der Waals surface area contributed by atoms with Crippen LogP contribution in [0.2, 0.25) is 5.02 Å². The van der Waals surface area contributed by atoms with Gasteiger partial charge in [-0.2, -0.15) is 0 Å². The minimum absolute atomic E-state index is 0.674. The van der Waals surface area contributed by atoms with E-state index in [1.165, 1.54) is 0 Å². The molecule has 0 saturated carbocycles. The number of nitrogens with one attached hydrogen (secondary N) is 1. The Bertz CT molecular complexity index is 702. The molecule has 0 heterocycles. The highest BCUT2D eigenvalue weighted by atomic mass is 35.5. The molecule has 0 saturated heterocycles. The lowest BCUT2D eigenvalue weighted by Crippen LogP contribution is -2.48. The normalized spacial score (nSPS) is 11.4. The summed E-state index contributed by atoms with van der Waals surface area (Å²) in [6.07, 6.45) is 0. The van der Waals surface area contributed by atoms with Crippen LogP contribution in [-0.2, 0) is 5.54 Å². The van der Waals surface area contributed by atoms with E-state index >= 15 is 0 Å². The van der Waals surface area contributed by atoms with E-state index in [1.54, 1.807) is 0 Å². The monoisotopic (exact) mass is 308 g/mol. The summed E-state index contributed by atoms with van der Waals surface area (Å²) in [6, 6.07) is 28.0. The lowest BCUT2D eigenvalue weighted by atomic mass is 9.77. The molecule has 0 aliphatic rings. The van der Waals surface area contributed by atoms with Gasteiger partial charge in [0.15, 0.2) is 0 Å². The van der Waals surface area contributed by atoms with Crippen LogP contribution in [0, 0.1) is 0 Å². The number of hydrazine groups is 1. The Labute approximate surface area is 135 Å². The van der Waals surface area contributed by atoms with Crippen LogP contribution < -0.4 is 11.3 Å². The standard InChI is InChI=1S/C19H17ClN2/c20-18-14-8-7-13-17(18)19(22-21,15-9-3-1-4-10-15)16-11-5-2-6-12-16/h1-14,22H,21H2. The first-order chi connectivity index (χ1) is 10.8. The first kappa shape index (κ1) is 14.8. The summed E-state index contributed by atoms with van der Waals surface area (Å²) < 4.78 is 0. The molecule has 2 nitrogen and oxygen atoms in total. The van der Waals surface area contributed by atoms with Crippen LogP contribution in [0.5, 0.6) is 0 Å². The van der Waals surface area contributed by atoms with E-state index in [9.17, 15) is 0 Å². The van der Waals surface area contributed by atoms with Crippen molar-refractivity contribution in [3.8, 4) is 0 Å². The van der Waals surface area contributed by atoms with Gasteiger partial charge in [0, 0.05) is 10.6 Å². The molecule has 3 aromatic rings. The van der Waals surface area contributed by atoms with Gasteiger partial charge in [-0.15, -0.1) is 0 Å². The van der Waals surface area contributed by atoms with Crippen LogP contribution in [0.1, 0.15) is 16.7 Å². The van der Waals surface area contributed by atoms with E-state index in [4.69, 9.17) is 17.4 Å². The number of halogens is 1. The largest absolute Gasteiger partial charge is 0.270 e. The molecule has 0 atom stereocenters. The first-order valence-corrected chi connectivity index (χ1v) is 7.50. The second-order valence-corrected chi connectivity index (χ2v) is 5.51. The molecule has 0 aliphatic carbocycles. The molecule has 0 aliphatic heterocycles. The Balaban J connectivity index is 2.34. The maximum Gasteiger partial charge on any atom is 0.108 e. The van der Waals surface area contributed by atoms with Crippen LogP contribution >= 0.6 is 11.6 Å². The van der Waals surface area contributed by atoms with Crippen molar-refractivity contribution in [1.29, 1.82) is 0 Å².